The lowest BCUT2D eigenvalue weighted by atomic mass is 10.3. The molecule has 0 unspecified atom stereocenters. The molecule has 2 aromatic heterocycles. The molecule has 3 heteroatoms. The summed E-state index contributed by atoms with van der Waals surface area (Å²) in [5, 5.41) is 3.12. The average molecular weight is 175 g/mol. The standard InChI is InChI=1S/C10H13N3/c1-7-4-9(11-3)6-13-5-8(2)12-10(7)13/h4-6,11H,1-3H3. The van der Waals surface area contributed by atoms with E-state index in [0.717, 1.165) is 17.0 Å². The van der Waals surface area contributed by atoms with Crippen LogP contribution in [-0.4, -0.2) is 16.4 Å². The molecule has 2 heterocycles. The zero-order valence-corrected chi connectivity index (χ0v) is 8.13. The monoisotopic (exact) mass is 175 g/mol. The molecule has 0 atom stereocenters. The summed E-state index contributed by atoms with van der Waals surface area (Å²) in [5.74, 6) is 0. The summed E-state index contributed by atoms with van der Waals surface area (Å²) >= 11 is 0. The van der Waals surface area contributed by atoms with Crippen molar-refractivity contribution in [2.45, 2.75) is 13.8 Å². The quantitative estimate of drug-likeness (QED) is 0.718. The van der Waals surface area contributed by atoms with Gasteiger partial charge >= 0.3 is 0 Å². The molecule has 0 aromatic carbocycles. The smallest absolute Gasteiger partial charge is 0.140 e. The highest BCUT2D eigenvalue weighted by molar-refractivity contribution is 5.56. The van der Waals surface area contributed by atoms with Gasteiger partial charge in [0.15, 0.2) is 0 Å². The maximum Gasteiger partial charge on any atom is 0.140 e. The molecule has 0 aliphatic rings. The minimum absolute atomic E-state index is 1.04. The maximum atomic E-state index is 4.42. The Morgan fingerprint density at radius 3 is 2.77 bits per heavy atom. The molecule has 13 heavy (non-hydrogen) atoms. The van der Waals surface area contributed by atoms with Gasteiger partial charge in [-0.3, -0.25) is 0 Å². The van der Waals surface area contributed by atoms with Gasteiger partial charge in [-0.25, -0.2) is 4.98 Å². The van der Waals surface area contributed by atoms with Crippen LogP contribution in [0.5, 0.6) is 0 Å². The third-order valence-electron chi connectivity index (χ3n) is 2.14. The molecule has 3 nitrogen and oxygen atoms in total. The second-order valence-electron chi connectivity index (χ2n) is 3.27. The molecule has 2 aromatic rings. The second kappa shape index (κ2) is 2.76. The summed E-state index contributed by atoms with van der Waals surface area (Å²) < 4.78 is 2.05. The molecule has 68 valence electrons. The van der Waals surface area contributed by atoms with E-state index in [2.05, 4.69) is 27.7 Å². The van der Waals surface area contributed by atoms with Gasteiger partial charge in [-0.05, 0) is 25.5 Å². The van der Waals surface area contributed by atoms with Crippen molar-refractivity contribution < 1.29 is 0 Å². The predicted octanol–water partition coefficient (Wildman–Crippen LogP) is 1.99. The maximum absolute atomic E-state index is 4.42. The van der Waals surface area contributed by atoms with Crippen molar-refractivity contribution in [2.24, 2.45) is 0 Å². The third kappa shape index (κ3) is 1.26. The minimum Gasteiger partial charge on any atom is -0.387 e. The van der Waals surface area contributed by atoms with E-state index < -0.39 is 0 Å². The van der Waals surface area contributed by atoms with Gasteiger partial charge in [0.05, 0.1) is 11.4 Å². The van der Waals surface area contributed by atoms with Crippen LogP contribution in [0.15, 0.2) is 18.5 Å². The summed E-state index contributed by atoms with van der Waals surface area (Å²) in [4.78, 5) is 4.42. The normalized spacial score (nSPS) is 10.7. The van der Waals surface area contributed by atoms with E-state index in [1.807, 2.05) is 26.4 Å². The number of pyridine rings is 1. The molecular formula is C10H13N3. The van der Waals surface area contributed by atoms with Gasteiger partial charge in [0.1, 0.15) is 5.65 Å². The van der Waals surface area contributed by atoms with E-state index in [9.17, 15) is 0 Å². The van der Waals surface area contributed by atoms with Crippen LogP contribution in [0.25, 0.3) is 5.65 Å². The van der Waals surface area contributed by atoms with Crippen molar-refractivity contribution in [3.8, 4) is 0 Å². The Kier molecular flexibility index (Phi) is 1.72. The Balaban J connectivity index is 2.75. The Hall–Kier alpha value is -1.51. The van der Waals surface area contributed by atoms with E-state index in [0.29, 0.717) is 0 Å². The Morgan fingerprint density at radius 2 is 2.08 bits per heavy atom. The molecule has 0 aliphatic carbocycles. The molecular weight excluding hydrogens is 162 g/mol. The van der Waals surface area contributed by atoms with Gasteiger partial charge in [0.25, 0.3) is 0 Å². The van der Waals surface area contributed by atoms with Gasteiger partial charge in [0, 0.05) is 19.4 Å². The fourth-order valence-electron chi connectivity index (χ4n) is 1.53. The van der Waals surface area contributed by atoms with E-state index in [1.165, 1.54) is 5.56 Å². The Labute approximate surface area is 77.4 Å². The molecule has 0 bridgehead atoms. The largest absolute Gasteiger partial charge is 0.387 e. The number of nitrogens with one attached hydrogen (secondary N) is 1. The van der Waals surface area contributed by atoms with E-state index in [-0.39, 0.29) is 0 Å². The Morgan fingerprint density at radius 1 is 1.31 bits per heavy atom. The van der Waals surface area contributed by atoms with Crippen LogP contribution < -0.4 is 5.32 Å². The van der Waals surface area contributed by atoms with Crippen LogP contribution in [0.1, 0.15) is 11.3 Å². The van der Waals surface area contributed by atoms with Gasteiger partial charge in [-0.1, -0.05) is 0 Å². The number of imidazole rings is 1. The number of aryl methyl sites for hydroxylation is 2. The van der Waals surface area contributed by atoms with Crippen LogP contribution in [0.2, 0.25) is 0 Å². The lowest BCUT2D eigenvalue weighted by Crippen LogP contribution is -1.93. The number of nitrogens with zero attached hydrogens (tertiary/aromatic N) is 2. The molecule has 0 aliphatic heterocycles. The molecule has 0 saturated carbocycles. The van der Waals surface area contributed by atoms with E-state index in [1.54, 1.807) is 0 Å². The van der Waals surface area contributed by atoms with Crippen LogP contribution >= 0.6 is 0 Å². The number of anilines is 1. The van der Waals surface area contributed by atoms with Crippen LogP contribution in [0.4, 0.5) is 5.69 Å². The van der Waals surface area contributed by atoms with Crippen molar-refractivity contribution in [1.29, 1.82) is 0 Å². The zero-order valence-electron chi connectivity index (χ0n) is 8.13. The number of hydrogen-bond donors (Lipinski definition) is 1. The first kappa shape index (κ1) is 8.10. The van der Waals surface area contributed by atoms with E-state index in [4.69, 9.17) is 0 Å². The highest BCUT2D eigenvalue weighted by atomic mass is 15.0. The lowest BCUT2D eigenvalue weighted by molar-refractivity contribution is 1.16. The molecule has 0 fully saturated rings. The van der Waals surface area contributed by atoms with Crippen LogP contribution in [0.3, 0.4) is 0 Å². The zero-order chi connectivity index (χ0) is 9.42. The topological polar surface area (TPSA) is 29.3 Å². The molecule has 0 spiro atoms. The number of fused-ring (bicyclic) bond motifs is 1. The first-order chi connectivity index (χ1) is 6.20. The van der Waals surface area contributed by atoms with Crippen LogP contribution in [-0.2, 0) is 0 Å². The minimum atomic E-state index is 1.04. The first-order valence-corrected chi connectivity index (χ1v) is 4.34. The molecule has 0 saturated heterocycles. The summed E-state index contributed by atoms with van der Waals surface area (Å²) in [5.41, 5.74) is 4.40. The number of rotatable bonds is 1. The van der Waals surface area contributed by atoms with Crippen LogP contribution in [0, 0.1) is 13.8 Å². The lowest BCUT2D eigenvalue weighted by Gasteiger charge is -2.03. The SMILES string of the molecule is CNc1cc(C)c2nc(C)cn2c1. The van der Waals surface area contributed by atoms with Gasteiger partial charge < -0.3 is 9.72 Å². The highest BCUT2D eigenvalue weighted by Gasteiger charge is 2.02. The third-order valence-corrected chi connectivity index (χ3v) is 2.14. The van der Waals surface area contributed by atoms with Gasteiger partial charge in [0.2, 0.25) is 0 Å². The second-order valence-corrected chi connectivity index (χ2v) is 3.27. The van der Waals surface area contributed by atoms with Crippen molar-refractivity contribution >= 4 is 11.3 Å². The predicted molar refractivity (Wildman–Crippen MR) is 54.2 cm³/mol. The summed E-state index contributed by atoms with van der Waals surface area (Å²) in [6.45, 7) is 4.08. The van der Waals surface area contributed by atoms with Crippen molar-refractivity contribution in [3.05, 3.63) is 29.7 Å². The van der Waals surface area contributed by atoms with Crippen molar-refractivity contribution in [2.75, 3.05) is 12.4 Å². The van der Waals surface area contributed by atoms with Crippen molar-refractivity contribution in [3.63, 3.8) is 0 Å². The number of aromatic nitrogens is 2. The summed E-state index contributed by atoms with van der Waals surface area (Å²) in [7, 11) is 1.92. The fourth-order valence-corrected chi connectivity index (χ4v) is 1.53. The molecule has 0 amide bonds. The Bertz CT molecular complexity index is 443. The van der Waals surface area contributed by atoms with E-state index >= 15 is 0 Å². The van der Waals surface area contributed by atoms with Gasteiger partial charge in [-0.2, -0.15) is 0 Å². The fraction of sp³-hybridized carbons (Fsp3) is 0.300. The number of hydrogen-bond acceptors (Lipinski definition) is 2. The summed E-state index contributed by atoms with van der Waals surface area (Å²) in [6, 6.07) is 2.10. The molecule has 0 radical (unpaired) electrons. The molecule has 1 N–H and O–H groups in total. The average Bonchev–Trinajstić information content (AvgIpc) is 2.46. The first-order valence-electron chi connectivity index (χ1n) is 4.34. The van der Waals surface area contributed by atoms with Crippen molar-refractivity contribution in [1.82, 2.24) is 9.38 Å². The summed E-state index contributed by atoms with van der Waals surface area (Å²) in [6.07, 6.45) is 4.07. The van der Waals surface area contributed by atoms with Gasteiger partial charge in [-0.15, -0.1) is 0 Å². The molecule has 2 rings (SSSR count). The highest BCUT2D eigenvalue weighted by Crippen LogP contribution is 2.15.